The molecule has 0 radical (unpaired) electrons. The van der Waals surface area contributed by atoms with Gasteiger partial charge in [-0.3, -0.25) is 0 Å². The van der Waals surface area contributed by atoms with Crippen molar-refractivity contribution in [2.45, 2.75) is 31.7 Å². The first-order chi connectivity index (χ1) is 12.2. The molecule has 0 aliphatic carbocycles. The minimum atomic E-state index is 0.115. The predicted molar refractivity (Wildman–Crippen MR) is 104 cm³/mol. The second-order valence-electron chi connectivity index (χ2n) is 6.47. The third-order valence-electron chi connectivity index (χ3n) is 4.51. The van der Waals surface area contributed by atoms with E-state index in [1.54, 1.807) is 0 Å². The minimum Gasteiger partial charge on any atom is -0.457 e. The maximum Gasteiger partial charge on any atom is 0.127 e. The molecule has 0 aliphatic rings. The van der Waals surface area contributed by atoms with Crippen LogP contribution >= 0.6 is 0 Å². The molecule has 0 aliphatic heterocycles. The molecular formula is C23H25NO. The highest BCUT2D eigenvalue weighted by Gasteiger charge is 2.16. The van der Waals surface area contributed by atoms with Gasteiger partial charge in [0.05, 0.1) is 0 Å². The van der Waals surface area contributed by atoms with Gasteiger partial charge in [0.15, 0.2) is 0 Å². The lowest BCUT2D eigenvalue weighted by atomic mass is 9.87. The van der Waals surface area contributed by atoms with Crippen LogP contribution in [0.3, 0.4) is 0 Å². The smallest absolute Gasteiger partial charge is 0.127 e. The zero-order valence-electron chi connectivity index (χ0n) is 14.6. The van der Waals surface area contributed by atoms with Gasteiger partial charge in [-0.2, -0.15) is 0 Å². The number of para-hydroxylation sites is 1. The van der Waals surface area contributed by atoms with Gasteiger partial charge < -0.3 is 10.5 Å². The third-order valence-corrected chi connectivity index (χ3v) is 4.51. The van der Waals surface area contributed by atoms with E-state index in [2.05, 4.69) is 49.4 Å². The number of hydrogen-bond donors (Lipinski definition) is 1. The summed E-state index contributed by atoms with van der Waals surface area (Å²) in [6.07, 6.45) is 2.08. The fourth-order valence-electron chi connectivity index (χ4n) is 3.11. The quantitative estimate of drug-likeness (QED) is 0.616. The summed E-state index contributed by atoms with van der Waals surface area (Å²) in [6, 6.07) is 28.9. The summed E-state index contributed by atoms with van der Waals surface area (Å²) in [7, 11) is 0. The highest BCUT2D eigenvalue weighted by Crippen LogP contribution is 2.28. The van der Waals surface area contributed by atoms with Crippen molar-refractivity contribution in [3.05, 3.63) is 96.1 Å². The van der Waals surface area contributed by atoms with Gasteiger partial charge in [0.1, 0.15) is 11.5 Å². The average Bonchev–Trinajstić information content (AvgIpc) is 2.65. The summed E-state index contributed by atoms with van der Waals surface area (Å²) in [4.78, 5) is 0. The molecule has 0 heterocycles. The van der Waals surface area contributed by atoms with Crippen LogP contribution in [0, 0.1) is 0 Å². The normalized spacial score (nSPS) is 13.2. The molecular weight excluding hydrogens is 306 g/mol. The van der Waals surface area contributed by atoms with Crippen molar-refractivity contribution in [2.24, 2.45) is 5.73 Å². The molecule has 0 saturated carbocycles. The first-order valence-corrected chi connectivity index (χ1v) is 8.85. The fraction of sp³-hybridized carbons (Fsp3) is 0.217. The van der Waals surface area contributed by atoms with E-state index in [0.29, 0.717) is 5.92 Å². The summed E-state index contributed by atoms with van der Waals surface area (Å²) >= 11 is 0. The summed E-state index contributed by atoms with van der Waals surface area (Å²) in [5.41, 5.74) is 8.89. The summed E-state index contributed by atoms with van der Waals surface area (Å²) in [5, 5.41) is 0. The zero-order valence-corrected chi connectivity index (χ0v) is 14.6. The molecule has 3 aromatic rings. The average molecular weight is 331 g/mol. The predicted octanol–water partition coefficient (Wildman–Crippen LogP) is 5.54. The van der Waals surface area contributed by atoms with E-state index in [-0.39, 0.29) is 6.04 Å². The number of benzene rings is 3. The molecule has 2 nitrogen and oxygen atoms in total. The molecule has 0 bridgehead atoms. The first-order valence-electron chi connectivity index (χ1n) is 8.85. The van der Waals surface area contributed by atoms with Crippen molar-refractivity contribution in [3.63, 3.8) is 0 Å². The van der Waals surface area contributed by atoms with Gasteiger partial charge in [0.2, 0.25) is 0 Å². The Morgan fingerprint density at radius 2 is 1.32 bits per heavy atom. The van der Waals surface area contributed by atoms with Crippen molar-refractivity contribution < 1.29 is 4.74 Å². The van der Waals surface area contributed by atoms with Gasteiger partial charge in [-0.15, -0.1) is 0 Å². The van der Waals surface area contributed by atoms with Gasteiger partial charge in [0.25, 0.3) is 0 Å². The first kappa shape index (κ1) is 17.2. The molecule has 2 heteroatoms. The van der Waals surface area contributed by atoms with Crippen LogP contribution < -0.4 is 10.5 Å². The second-order valence-corrected chi connectivity index (χ2v) is 6.47. The molecule has 0 aromatic heterocycles. The number of rotatable bonds is 7. The molecule has 128 valence electrons. The molecule has 3 rings (SSSR count). The van der Waals surface area contributed by atoms with E-state index < -0.39 is 0 Å². The summed E-state index contributed by atoms with van der Waals surface area (Å²) < 4.78 is 5.87. The number of aryl methyl sites for hydroxylation is 1. The fourth-order valence-corrected chi connectivity index (χ4v) is 3.11. The van der Waals surface area contributed by atoms with Crippen molar-refractivity contribution in [2.75, 3.05) is 0 Å². The van der Waals surface area contributed by atoms with Crippen LogP contribution in [-0.2, 0) is 6.42 Å². The van der Waals surface area contributed by atoms with Crippen LogP contribution in [0.5, 0.6) is 11.5 Å². The highest BCUT2D eigenvalue weighted by atomic mass is 16.5. The lowest BCUT2D eigenvalue weighted by Gasteiger charge is -2.21. The van der Waals surface area contributed by atoms with Crippen LogP contribution in [0.2, 0.25) is 0 Å². The molecule has 0 unspecified atom stereocenters. The number of nitrogens with two attached hydrogens (primary N) is 1. The number of ether oxygens (including phenoxy) is 1. The molecule has 2 N–H and O–H groups in total. The molecule has 0 saturated heterocycles. The maximum atomic E-state index is 6.26. The molecule has 2 atom stereocenters. The van der Waals surface area contributed by atoms with Crippen LogP contribution in [0.1, 0.15) is 30.4 Å². The SMILES string of the molecule is C[C@@H](N)[C@H](CCc1ccccc1)c1ccc(Oc2ccccc2)cc1. The van der Waals surface area contributed by atoms with Crippen LogP contribution in [0.4, 0.5) is 0 Å². The molecule has 0 fully saturated rings. The van der Waals surface area contributed by atoms with Crippen LogP contribution in [0.25, 0.3) is 0 Å². The van der Waals surface area contributed by atoms with Gasteiger partial charge in [-0.05, 0) is 61.1 Å². The Morgan fingerprint density at radius 1 is 0.760 bits per heavy atom. The highest BCUT2D eigenvalue weighted by molar-refractivity contribution is 5.34. The van der Waals surface area contributed by atoms with Gasteiger partial charge >= 0.3 is 0 Å². The third kappa shape index (κ3) is 4.94. The molecule has 3 aromatic carbocycles. The van der Waals surface area contributed by atoms with E-state index in [4.69, 9.17) is 10.5 Å². The Kier molecular flexibility index (Phi) is 5.86. The zero-order chi connectivity index (χ0) is 17.5. The summed E-state index contributed by atoms with van der Waals surface area (Å²) in [5.74, 6) is 2.04. The largest absolute Gasteiger partial charge is 0.457 e. The van der Waals surface area contributed by atoms with Crippen molar-refractivity contribution in [1.82, 2.24) is 0 Å². The van der Waals surface area contributed by atoms with Crippen molar-refractivity contribution >= 4 is 0 Å². The lowest BCUT2D eigenvalue weighted by Crippen LogP contribution is -2.25. The van der Waals surface area contributed by atoms with E-state index in [1.807, 2.05) is 42.5 Å². The van der Waals surface area contributed by atoms with Crippen LogP contribution in [-0.4, -0.2) is 6.04 Å². The Morgan fingerprint density at radius 3 is 1.92 bits per heavy atom. The van der Waals surface area contributed by atoms with Gasteiger partial charge in [0, 0.05) is 6.04 Å². The van der Waals surface area contributed by atoms with E-state index in [0.717, 1.165) is 24.3 Å². The van der Waals surface area contributed by atoms with E-state index in [9.17, 15) is 0 Å². The van der Waals surface area contributed by atoms with Crippen LogP contribution in [0.15, 0.2) is 84.9 Å². The molecule has 0 spiro atoms. The maximum absolute atomic E-state index is 6.26. The lowest BCUT2D eigenvalue weighted by molar-refractivity contribution is 0.481. The van der Waals surface area contributed by atoms with E-state index >= 15 is 0 Å². The molecule has 0 amide bonds. The Labute approximate surface area is 150 Å². The van der Waals surface area contributed by atoms with Crippen molar-refractivity contribution in [1.29, 1.82) is 0 Å². The second kappa shape index (κ2) is 8.50. The summed E-state index contributed by atoms with van der Waals surface area (Å²) in [6.45, 7) is 2.09. The minimum absolute atomic E-state index is 0.115. The standard InChI is InChI=1S/C23H25NO/c1-18(24)23(17-12-19-8-4-2-5-9-19)20-13-15-22(16-14-20)25-21-10-6-3-7-11-21/h2-11,13-16,18,23H,12,17,24H2,1H3/t18-,23+/m1/s1. The topological polar surface area (TPSA) is 35.2 Å². The monoisotopic (exact) mass is 331 g/mol. The van der Waals surface area contributed by atoms with Crippen molar-refractivity contribution in [3.8, 4) is 11.5 Å². The Balaban J connectivity index is 1.67. The van der Waals surface area contributed by atoms with Gasteiger partial charge in [-0.1, -0.05) is 60.7 Å². The number of hydrogen-bond acceptors (Lipinski definition) is 2. The van der Waals surface area contributed by atoms with E-state index in [1.165, 1.54) is 11.1 Å². The molecule has 25 heavy (non-hydrogen) atoms. The van der Waals surface area contributed by atoms with Gasteiger partial charge in [-0.25, -0.2) is 0 Å². The Bertz CT molecular complexity index is 751. The Hall–Kier alpha value is -2.58.